The van der Waals surface area contributed by atoms with E-state index < -0.39 is 0 Å². The predicted octanol–water partition coefficient (Wildman–Crippen LogP) is 2.69. The summed E-state index contributed by atoms with van der Waals surface area (Å²) in [5, 5.41) is 8.93. The van der Waals surface area contributed by atoms with Crippen molar-refractivity contribution in [1.29, 1.82) is 5.26 Å². The zero-order valence-electron chi connectivity index (χ0n) is 10.5. The number of benzene rings is 2. The topological polar surface area (TPSA) is 67.6 Å². The highest BCUT2D eigenvalue weighted by Crippen LogP contribution is 2.25. The number of nitrogens with two attached hydrogens (primary N) is 1. The molecule has 0 aliphatic carbocycles. The third kappa shape index (κ3) is 1.81. The molecule has 0 atom stereocenters. The molecule has 0 aliphatic rings. The van der Waals surface area contributed by atoms with E-state index in [1.165, 1.54) is 0 Å². The lowest BCUT2D eigenvalue weighted by atomic mass is 10.2. The van der Waals surface area contributed by atoms with Crippen molar-refractivity contribution in [3.63, 3.8) is 0 Å². The molecule has 0 aliphatic heterocycles. The summed E-state index contributed by atoms with van der Waals surface area (Å²) in [6.07, 6.45) is 0. The smallest absolute Gasteiger partial charge is 0.140 e. The van der Waals surface area contributed by atoms with Crippen molar-refractivity contribution in [2.75, 3.05) is 5.73 Å². The Hall–Kier alpha value is -2.80. The fourth-order valence-corrected chi connectivity index (χ4v) is 2.21. The van der Waals surface area contributed by atoms with Crippen LogP contribution in [0.1, 0.15) is 5.56 Å². The molecule has 3 rings (SSSR count). The molecule has 0 saturated carbocycles. The van der Waals surface area contributed by atoms with Gasteiger partial charge < -0.3 is 10.3 Å². The van der Waals surface area contributed by atoms with Crippen LogP contribution in [0, 0.1) is 11.3 Å². The number of aryl methyl sites for hydroxylation is 1. The minimum atomic E-state index is 0.615. The number of hydrogen-bond donors (Lipinski definition) is 1. The van der Waals surface area contributed by atoms with Crippen molar-refractivity contribution in [2.24, 2.45) is 7.05 Å². The van der Waals surface area contributed by atoms with Gasteiger partial charge in [0.25, 0.3) is 0 Å². The van der Waals surface area contributed by atoms with E-state index in [2.05, 4.69) is 11.1 Å². The van der Waals surface area contributed by atoms with E-state index in [1.807, 2.05) is 41.9 Å². The largest absolute Gasteiger partial charge is 0.399 e. The maximum absolute atomic E-state index is 8.93. The Morgan fingerprint density at radius 1 is 1.21 bits per heavy atom. The Balaban J connectivity index is 2.25. The second-order valence-corrected chi connectivity index (χ2v) is 4.44. The zero-order chi connectivity index (χ0) is 13.4. The first-order valence-electron chi connectivity index (χ1n) is 5.91. The molecule has 92 valence electrons. The molecule has 0 radical (unpaired) electrons. The molecule has 0 saturated heterocycles. The van der Waals surface area contributed by atoms with Crippen LogP contribution in [-0.2, 0) is 7.05 Å². The maximum atomic E-state index is 8.93. The lowest BCUT2D eigenvalue weighted by Crippen LogP contribution is -1.93. The fourth-order valence-electron chi connectivity index (χ4n) is 2.21. The van der Waals surface area contributed by atoms with E-state index in [4.69, 9.17) is 11.0 Å². The van der Waals surface area contributed by atoms with E-state index in [0.29, 0.717) is 11.3 Å². The van der Waals surface area contributed by atoms with Crippen LogP contribution in [0.3, 0.4) is 0 Å². The average Bonchev–Trinajstić information content (AvgIpc) is 2.75. The Morgan fingerprint density at radius 3 is 2.79 bits per heavy atom. The van der Waals surface area contributed by atoms with Gasteiger partial charge in [-0.05, 0) is 30.3 Å². The highest BCUT2D eigenvalue weighted by molar-refractivity contribution is 5.82. The Morgan fingerprint density at radius 2 is 2.05 bits per heavy atom. The van der Waals surface area contributed by atoms with Gasteiger partial charge in [-0.3, -0.25) is 0 Å². The number of hydrogen-bond acceptors (Lipinski definition) is 3. The fraction of sp³-hybridized carbons (Fsp3) is 0.0667. The van der Waals surface area contributed by atoms with Crippen LogP contribution in [0.4, 0.5) is 5.69 Å². The van der Waals surface area contributed by atoms with Crippen LogP contribution in [-0.4, -0.2) is 9.55 Å². The third-order valence-electron chi connectivity index (χ3n) is 3.15. The molecule has 0 bridgehead atoms. The van der Waals surface area contributed by atoms with E-state index in [9.17, 15) is 0 Å². The third-order valence-corrected chi connectivity index (χ3v) is 3.15. The van der Waals surface area contributed by atoms with E-state index in [0.717, 1.165) is 22.4 Å². The van der Waals surface area contributed by atoms with Gasteiger partial charge in [0.1, 0.15) is 5.82 Å². The van der Waals surface area contributed by atoms with E-state index in [1.54, 1.807) is 12.1 Å². The standard InChI is InChI=1S/C15H12N4/c1-19-14-6-5-10(9-16)7-13(14)18-15(19)11-3-2-4-12(17)8-11/h2-8H,17H2,1H3. The van der Waals surface area contributed by atoms with Gasteiger partial charge in [0.2, 0.25) is 0 Å². The minimum Gasteiger partial charge on any atom is -0.399 e. The SMILES string of the molecule is Cn1c(-c2cccc(N)c2)nc2cc(C#N)ccc21. The first-order chi connectivity index (χ1) is 9.19. The number of nitrogen functional groups attached to an aromatic ring is 1. The van der Waals surface area contributed by atoms with Crippen LogP contribution in [0.2, 0.25) is 0 Å². The Bertz CT molecular complexity index is 809. The maximum Gasteiger partial charge on any atom is 0.140 e. The van der Waals surface area contributed by atoms with Gasteiger partial charge in [0.15, 0.2) is 0 Å². The molecule has 0 unspecified atom stereocenters. The lowest BCUT2D eigenvalue weighted by molar-refractivity contribution is 0.959. The molecule has 0 fully saturated rings. The van der Waals surface area contributed by atoms with Gasteiger partial charge in [0, 0.05) is 18.3 Å². The number of fused-ring (bicyclic) bond motifs is 1. The quantitative estimate of drug-likeness (QED) is 0.673. The summed E-state index contributed by atoms with van der Waals surface area (Å²) in [7, 11) is 1.96. The average molecular weight is 248 g/mol. The molecule has 4 nitrogen and oxygen atoms in total. The van der Waals surface area contributed by atoms with Crippen molar-refractivity contribution < 1.29 is 0 Å². The molecule has 4 heteroatoms. The molecule has 2 aromatic carbocycles. The number of nitriles is 1. The first-order valence-corrected chi connectivity index (χ1v) is 5.91. The van der Waals surface area contributed by atoms with Crippen LogP contribution in [0.25, 0.3) is 22.4 Å². The monoisotopic (exact) mass is 248 g/mol. The summed E-state index contributed by atoms with van der Waals surface area (Å²) < 4.78 is 2.01. The second kappa shape index (κ2) is 4.14. The van der Waals surface area contributed by atoms with Crippen molar-refractivity contribution in [3.05, 3.63) is 48.0 Å². The van der Waals surface area contributed by atoms with Crippen molar-refractivity contribution in [3.8, 4) is 17.5 Å². The van der Waals surface area contributed by atoms with Crippen LogP contribution in [0.5, 0.6) is 0 Å². The second-order valence-electron chi connectivity index (χ2n) is 4.44. The summed E-state index contributed by atoms with van der Waals surface area (Å²) in [6, 6.07) is 15.3. The Labute approximate surface area is 110 Å². The summed E-state index contributed by atoms with van der Waals surface area (Å²) >= 11 is 0. The van der Waals surface area contributed by atoms with Gasteiger partial charge in [-0.15, -0.1) is 0 Å². The van der Waals surface area contributed by atoms with Crippen molar-refractivity contribution in [2.45, 2.75) is 0 Å². The summed E-state index contributed by atoms with van der Waals surface area (Å²) in [5.74, 6) is 0.845. The summed E-state index contributed by atoms with van der Waals surface area (Å²) in [5.41, 5.74) is 9.92. The number of aromatic nitrogens is 2. The number of rotatable bonds is 1. The minimum absolute atomic E-state index is 0.615. The lowest BCUT2D eigenvalue weighted by Gasteiger charge is -2.03. The van der Waals surface area contributed by atoms with Crippen LogP contribution < -0.4 is 5.73 Å². The first kappa shape index (κ1) is 11.3. The summed E-state index contributed by atoms with van der Waals surface area (Å²) in [6.45, 7) is 0. The van der Waals surface area contributed by atoms with Gasteiger partial charge in [-0.2, -0.15) is 5.26 Å². The van der Waals surface area contributed by atoms with E-state index in [-0.39, 0.29) is 0 Å². The highest BCUT2D eigenvalue weighted by Gasteiger charge is 2.10. The number of imidazole rings is 1. The molecule has 0 amide bonds. The summed E-state index contributed by atoms with van der Waals surface area (Å²) in [4.78, 5) is 4.59. The van der Waals surface area contributed by atoms with Crippen LogP contribution in [0.15, 0.2) is 42.5 Å². The number of nitrogens with zero attached hydrogens (tertiary/aromatic N) is 3. The van der Waals surface area contributed by atoms with Crippen molar-refractivity contribution >= 4 is 16.7 Å². The normalized spacial score (nSPS) is 10.5. The molecule has 3 aromatic rings. The predicted molar refractivity (Wildman–Crippen MR) is 75.3 cm³/mol. The number of anilines is 1. The van der Waals surface area contributed by atoms with Gasteiger partial charge >= 0.3 is 0 Å². The Kier molecular flexibility index (Phi) is 2.46. The highest BCUT2D eigenvalue weighted by atomic mass is 15.1. The molecule has 0 spiro atoms. The van der Waals surface area contributed by atoms with Gasteiger partial charge in [0.05, 0.1) is 22.7 Å². The zero-order valence-corrected chi connectivity index (χ0v) is 10.5. The van der Waals surface area contributed by atoms with Crippen LogP contribution >= 0.6 is 0 Å². The molecular formula is C15H12N4. The van der Waals surface area contributed by atoms with E-state index >= 15 is 0 Å². The molecule has 1 aromatic heterocycles. The van der Waals surface area contributed by atoms with Gasteiger partial charge in [-0.1, -0.05) is 12.1 Å². The van der Waals surface area contributed by atoms with Gasteiger partial charge in [-0.25, -0.2) is 4.98 Å². The van der Waals surface area contributed by atoms with Crippen molar-refractivity contribution in [1.82, 2.24) is 9.55 Å². The molecule has 2 N–H and O–H groups in total. The molecular weight excluding hydrogens is 236 g/mol. The molecule has 19 heavy (non-hydrogen) atoms. The molecule has 1 heterocycles.